The Hall–Kier alpha value is -5.00. The number of nitrogens with one attached hydrogen (secondary N) is 1. The summed E-state index contributed by atoms with van der Waals surface area (Å²) in [4.78, 5) is 37.1. The van der Waals surface area contributed by atoms with Gasteiger partial charge >= 0.3 is 0 Å². The van der Waals surface area contributed by atoms with Crippen molar-refractivity contribution >= 4 is 17.5 Å². The van der Waals surface area contributed by atoms with Gasteiger partial charge in [0, 0.05) is 36.3 Å². The van der Waals surface area contributed by atoms with Crippen molar-refractivity contribution in [1.29, 1.82) is 0 Å². The summed E-state index contributed by atoms with van der Waals surface area (Å²) >= 11 is 0. The molecular formula is C30H33FN6O5. The molecule has 4 rings (SSSR count). The molecule has 12 heteroatoms. The average Bonchev–Trinajstić information content (AvgIpc) is 3.33. The molecule has 0 spiro atoms. The van der Waals surface area contributed by atoms with Crippen LogP contribution in [0.25, 0.3) is 5.82 Å². The molecule has 220 valence electrons. The molecule has 11 nitrogen and oxygen atoms in total. The summed E-state index contributed by atoms with van der Waals surface area (Å²) in [5.41, 5.74) is 0.0542. The van der Waals surface area contributed by atoms with E-state index in [1.165, 1.54) is 41.2 Å². The number of allylic oxidation sites excluding steroid dienone is 2. The third-order valence-corrected chi connectivity index (χ3v) is 6.39. The number of carbonyl (C=O) groups excluding carboxylic acids is 2. The van der Waals surface area contributed by atoms with E-state index in [2.05, 4.69) is 20.4 Å². The Morgan fingerprint density at radius 2 is 1.88 bits per heavy atom. The first-order valence-electron chi connectivity index (χ1n) is 13.2. The van der Waals surface area contributed by atoms with Crippen molar-refractivity contribution in [2.24, 2.45) is 4.99 Å². The highest BCUT2D eigenvalue weighted by Gasteiger charge is 2.26. The number of hydrogen-bond acceptors (Lipinski definition) is 9. The molecule has 0 radical (unpaired) electrons. The van der Waals surface area contributed by atoms with E-state index in [1.807, 2.05) is 4.90 Å². The molecule has 42 heavy (non-hydrogen) atoms. The van der Waals surface area contributed by atoms with Crippen molar-refractivity contribution in [3.05, 3.63) is 82.7 Å². The molecular weight excluding hydrogens is 543 g/mol. The average molecular weight is 577 g/mol. The first kappa shape index (κ1) is 30.0. The fourth-order valence-electron chi connectivity index (χ4n) is 4.40. The molecule has 1 aliphatic heterocycles. The summed E-state index contributed by atoms with van der Waals surface area (Å²) in [6.07, 6.45) is 4.00. The maximum Gasteiger partial charge on any atom is 0.252 e. The van der Waals surface area contributed by atoms with Crippen LogP contribution in [0.15, 0.2) is 65.2 Å². The number of nitrogens with zero attached hydrogens (tertiary/aromatic N) is 5. The molecule has 4 N–H and O–H groups in total. The lowest BCUT2D eigenvalue weighted by Crippen LogP contribution is -2.41. The number of amidine groups is 1. The number of aromatic hydroxyl groups is 3. The molecule has 1 aliphatic rings. The first-order valence-corrected chi connectivity index (χ1v) is 13.2. The van der Waals surface area contributed by atoms with Crippen LogP contribution in [0.3, 0.4) is 0 Å². The smallest absolute Gasteiger partial charge is 0.252 e. The van der Waals surface area contributed by atoms with E-state index in [-0.39, 0.29) is 46.4 Å². The largest absolute Gasteiger partial charge is 0.508 e. The maximum absolute atomic E-state index is 14.0. The van der Waals surface area contributed by atoms with Crippen LogP contribution in [-0.4, -0.2) is 64.6 Å². The third kappa shape index (κ3) is 6.65. The van der Waals surface area contributed by atoms with Crippen molar-refractivity contribution in [1.82, 2.24) is 25.0 Å². The predicted octanol–water partition coefficient (Wildman–Crippen LogP) is 4.33. The molecule has 0 unspecified atom stereocenters. The van der Waals surface area contributed by atoms with E-state index in [9.17, 15) is 29.3 Å². The van der Waals surface area contributed by atoms with Gasteiger partial charge in [0.15, 0.2) is 17.4 Å². The Balaban J connectivity index is 1.71. The van der Waals surface area contributed by atoms with Crippen LogP contribution in [0, 0.1) is 0 Å². The highest BCUT2D eigenvalue weighted by atomic mass is 19.1. The quantitative estimate of drug-likeness (QED) is 0.289. The van der Waals surface area contributed by atoms with Gasteiger partial charge in [-0.15, -0.1) is 0 Å². The van der Waals surface area contributed by atoms with Gasteiger partial charge in [-0.2, -0.15) is 5.10 Å². The molecule has 0 aliphatic carbocycles. The van der Waals surface area contributed by atoms with E-state index < -0.39 is 35.2 Å². The topological polar surface area (TPSA) is 153 Å². The molecule has 0 saturated heterocycles. The second kappa shape index (κ2) is 11.9. The summed E-state index contributed by atoms with van der Waals surface area (Å²) < 4.78 is 15.2. The SMILES string of the molecule is C/C=C(\F)C1=CCN(Cc2cc(C(=O)Cc3c(O)cc(O)cc3C(=O)NC(C)(C)C)n(-c3ncccc3O)n2)C(C)=N1. The van der Waals surface area contributed by atoms with Gasteiger partial charge in [0.1, 0.15) is 28.9 Å². The van der Waals surface area contributed by atoms with Crippen LogP contribution in [0.1, 0.15) is 66.7 Å². The van der Waals surface area contributed by atoms with Crippen molar-refractivity contribution in [2.75, 3.05) is 6.54 Å². The standard InChI is InChI=1S/C30H33FN6O5/c1-6-22(31)23-9-11-36(17(2)33-23)16-18-12-24(37(35-18)28-25(39)8-7-10-32-28)27(41)15-20-21(13-19(38)14-26(20)40)29(42)34-30(3,4)5/h6-10,12-14,38-40H,11,15-16H2,1-5H3,(H,34,42)/b22-6-. The number of amides is 1. The van der Waals surface area contributed by atoms with Crippen LogP contribution in [0.2, 0.25) is 0 Å². The highest BCUT2D eigenvalue weighted by molar-refractivity contribution is 6.02. The van der Waals surface area contributed by atoms with Gasteiger partial charge in [-0.05, 0) is 71.0 Å². The second-order valence-electron chi connectivity index (χ2n) is 10.8. The van der Waals surface area contributed by atoms with E-state index in [0.29, 0.717) is 18.1 Å². The Morgan fingerprint density at radius 3 is 2.52 bits per heavy atom. The first-order chi connectivity index (χ1) is 19.8. The third-order valence-electron chi connectivity index (χ3n) is 6.39. The molecule has 0 fully saturated rings. The molecule has 2 aromatic heterocycles. The van der Waals surface area contributed by atoms with Gasteiger partial charge in [-0.1, -0.05) is 0 Å². The van der Waals surface area contributed by atoms with Crippen LogP contribution < -0.4 is 5.32 Å². The summed E-state index contributed by atoms with van der Waals surface area (Å²) in [6, 6.07) is 6.71. The van der Waals surface area contributed by atoms with Crippen LogP contribution >= 0.6 is 0 Å². The Bertz CT molecular complexity index is 1630. The van der Waals surface area contributed by atoms with Crippen LogP contribution in [0.4, 0.5) is 4.39 Å². The molecule has 0 bridgehead atoms. The zero-order chi connectivity index (χ0) is 30.8. The molecule has 0 saturated carbocycles. The van der Waals surface area contributed by atoms with Gasteiger partial charge in [-0.3, -0.25) is 9.59 Å². The lowest BCUT2D eigenvalue weighted by Gasteiger charge is -2.25. The molecule has 1 amide bonds. The summed E-state index contributed by atoms with van der Waals surface area (Å²) in [5.74, 6) is -1.95. The minimum atomic E-state index is -0.617. The number of phenolic OH excluding ortho intramolecular Hbond substituents is 2. The second-order valence-corrected chi connectivity index (χ2v) is 10.8. The lowest BCUT2D eigenvalue weighted by atomic mass is 9.97. The normalized spacial score (nSPS) is 14.0. The van der Waals surface area contributed by atoms with Gasteiger partial charge < -0.3 is 25.5 Å². The minimum absolute atomic E-state index is 0.00842. The minimum Gasteiger partial charge on any atom is -0.508 e. The molecule has 3 heterocycles. The summed E-state index contributed by atoms with van der Waals surface area (Å²) in [6.45, 7) is 9.22. The van der Waals surface area contributed by atoms with Crippen molar-refractivity contribution in [3.63, 3.8) is 0 Å². The number of halogens is 1. The maximum atomic E-state index is 14.0. The molecule has 0 atom stereocenters. The number of rotatable bonds is 8. The van der Waals surface area contributed by atoms with Crippen LogP contribution in [-0.2, 0) is 13.0 Å². The van der Waals surface area contributed by atoms with E-state index >= 15 is 0 Å². The van der Waals surface area contributed by atoms with E-state index in [4.69, 9.17) is 0 Å². The van der Waals surface area contributed by atoms with E-state index in [1.54, 1.807) is 40.7 Å². The lowest BCUT2D eigenvalue weighted by molar-refractivity contribution is 0.0917. The summed E-state index contributed by atoms with van der Waals surface area (Å²) in [7, 11) is 0. The number of carbonyl (C=O) groups is 2. The van der Waals surface area contributed by atoms with Gasteiger partial charge in [-0.25, -0.2) is 19.0 Å². The number of benzene rings is 1. The Labute approximate surface area is 242 Å². The number of pyridine rings is 1. The number of hydrogen-bond donors (Lipinski definition) is 4. The number of phenols is 2. The number of ketones is 1. The number of aliphatic imine (C=N–C) groups is 1. The summed E-state index contributed by atoms with van der Waals surface area (Å²) in [5, 5.41) is 38.5. The van der Waals surface area contributed by atoms with Crippen molar-refractivity contribution in [2.45, 2.75) is 53.1 Å². The molecule has 3 aromatic rings. The predicted molar refractivity (Wildman–Crippen MR) is 155 cm³/mol. The Kier molecular flexibility index (Phi) is 8.46. The highest BCUT2D eigenvalue weighted by Crippen LogP contribution is 2.30. The monoisotopic (exact) mass is 576 g/mol. The van der Waals surface area contributed by atoms with E-state index in [0.717, 1.165) is 6.07 Å². The number of Topliss-reactive ketones (excluding diaryl/α,β-unsaturated/α-hetero) is 1. The van der Waals surface area contributed by atoms with Gasteiger partial charge in [0.05, 0.1) is 23.5 Å². The van der Waals surface area contributed by atoms with Gasteiger partial charge in [0.2, 0.25) is 0 Å². The zero-order valence-electron chi connectivity index (χ0n) is 24.0. The fraction of sp³-hybridized carbons (Fsp3) is 0.300. The fourth-order valence-corrected chi connectivity index (χ4v) is 4.40. The molecule has 1 aromatic carbocycles. The number of aromatic nitrogens is 3. The van der Waals surface area contributed by atoms with Crippen molar-refractivity contribution in [3.8, 4) is 23.1 Å². The Morgan fingerprint density at radius 1 is 1.14 bits per heavy atom. The van der Waals surface area contributed by atoms with Crippen LogP contribution in [0.5, 0.6) is 17.2 Å². The van der Waals surface area contributed by atoms with Crippen molar-refractivity contribution < 1.29 is 29.3 Å². The zero-order valence-corrected chi connectivity index (χ0v) is 24.0. The van der Waals surface area contributed by atoms with Gasteiger partial charge in [0.25, 0.3) is 5.91 Å².